The Labute approximate surface area is 365 Å². The van der Waals surface area contributed by atoms with Crippen molar-refractivity contribution in [1.29, 1.82) is 10.5 Å². The zero-order chi connectivity index (χ0) is 44.6. The number of nitrogens with two attached hydrogens (primary N) is 1. The topological polar surface area (TPSA) is 206 Å². The number of unbranched alkanes of at least 4 members (excludes halogenated alkanes) is 15. The minimum atomic E-state index is -4.89. The molecular weight excluding hydrogens is 818 g/mol. The predicted molar refractivity (Wildman–Crippen MR) is 230 cm³/mol. The molecule has 0 spiro atoms. The summed E-state index contributed by atoms with van der Waals surface area (Å²) in [5, 5.41) is 24.2. The number of nitrogens with zero attached hydrogens (tertiary/aromatic N) is 5. The standard InChI is InChI=1S/C45H66FN6O9P/c1-5-6-7-8-9-10-11-12-13-14-15-16-17-18-19-20-23-55-30-44(4,56-28-35-24-34(27-47)25-36(46)26-35)31-57-62(53,54)58-32-45(29-48)41-40(59-43(2,3)61-41)39(60-45)37-21-22-38-42(49)50-33-51-52(37)38/h21-22,24-26,33,39-41H,5-20,23,28,30-32H2,1-4H3,(H,53,54)(H2,49,50,51)/t39-,40-,41-,44+,45+/m0/s1. The summed E-state index contributed by atoms with van der Waals surface area (Å²) >= 11 is 0. The van der Waals surface area contributed by atoms with Gasteiger partial charge in [-0.15, -0.1) is 0 Å². The normalized spacial score (nSPS) is 22.5. The second-order valence-electron chi connectivity index (χ2n) is 17.3. The summed E-state index contributed by atoms with van der Waals surface area (Å²) in [6, 6.07) is 11.3. The average Bonchev–Trinajstić information content (AvgIpc) is 3.91. The van der Waals surface area contributed by atoms with E-state index in [2.05, 4.69) is 23.1 Å². The molecule has 2 aromatic heterocycles. The third kappa shape index (κ3) is 14.2. The van der Waals surface area contributed by atoms with Gasteiger partial charge in [0.1, 0.15) is 54.3 Å². The number of aromatic nitrogens is 3. The highest BCUT2D eigenvalue weighted by molar-refractivity contribution is 7.47. The van der Waals surface area contributed by atoms with Gasteiger partial charge < -0.3 is 34.3 Å². The number of phosphoric ester groups is 1. The first-order chi connectivity index (χ1) is 29.7. The third-order valence-corrected chi connectivity index (χ3v) is 12.3. The van der Waals surface area contributed by atoms with Crippen LogP contribution in [0.25, 0.3) is 5.52 Å². The van der Waals surface area contributed by atoms with Crippen molar-refractivity contribution in [3.05, 3.63) is 59.3 Å². The van der Waals surface area contributed by atoms with Gasteiger partial charge >= 0.3 is 7.82 Å². The molecule has 342 valence electrons. The van der Waals surface area contributed by atoms with Crippen LogP contribution in [0, 0.1) is 28.5 Å². The van der Waals surface area contributed by atoms with Crippen molar-refractivity contribution in [2.45, 2.75) is 172 Å². The van der Waals surface area contributed by atoms with E-state index >= 15 is 0 Å². The molecule has 0 amide bonds. The van der Waals surface area contributed by atoms with Crippen LogP contribution in [0.3, 0.4) is 0 Å². The summed E-state index contributed by atoms with van der Waals surface area (Å²) in [7, 11) is -4.89. The number of fused-ring (bicyclic) bond motifs is 2. The molecule has 5 rings (SSSR count). The zero-order valence-corrected chi connectivity index (χ0v) is 37.8. The molecule has 0 bridgehead atoms. The molecule has 0 aliphatic carbocycles. The SMILES string of the molecule is CCCCCCCCCCCCCCCCCCOC[C@](C)(COP(=O)(O)OC[C@@]1(C#N)O[C@@H](c2ccc3c(N)ncnn23)[C@@H]2OC(C)(C)O[C@@H]21)OCc1cc(F)cc(C#N)c1. The molecule has 15 nitrogen and oxygen atoms in total. The minimum Gasteiger partial charge on any atom is -0.382 e. The van der Waals surface area contributed by atoms with E-state index in [4.69, 9.17) is 38.5 Å². The first-order valence-electron chi connectivity index (χ1n) is 22.3. The molecule has 0 saturated carbocycles. The number of nitriles is 2. The van der Waals surface area contributed by atoms with E-state index in [0.29, 0.717) is 23.4 Å². The van der Waals surface area contributed by atoms with E-state index < -0.39 is 62.2 Å². The van der Waals surface area contributed by atoms with Crippen molar-refractivity contribution < 1.29 is 46.6 Å². The molecule has 0 radical (unpaired) electrons. The van der Waals surface area contributed by atoms with Crippen LogP contribution < -0.4 is 5.73 Å². The Bertz CT molecular complexity index is 2010. The molecule has 2 aliphatic heterocycles. The fourth-order valence-corrected chi connectivity index (χ4v) is 8.91. The Balaban J connectivity index is 1.11. The maximum atomic E-state index is 14.3. The van der Waals surface area contributed by atoms with Crippen LogP contribution in [0.15, 0.2) is 36.7 Å². The van der Waals surface area contributed by atoms with Crippen LogP contribution in [0.5, 0.6) is 0 Å². The summed E-state index contributed by atoms with van der Waals surface area (Å²) in [4.78, 5) is 15.0. The third-order valence-electron chi connectivity index (χ3n) is 11.4. The number of phosphoric acid groups is 1. The quantitative estimate of drug-likeness (QED) is 0.0492. The Morgan fingerprint density at radius 1 is 0.919 bits per heavy atom. The molecule has 62 heavy (non-hydrogen) atoms. The summed E-state index contributed by atoms with van der Waals surface area (Å²) in [6.45, 7) is 6.35. The summed E-state index contributed by atoms with van der Waals surface area (Å²) in [5.41, 5.74) is 4.37. The molecular formula is C45H66FN6O9P. The van der Waals surface area contributed by atoms with Gasteiger partial charge in [0.15, 0.2) is 11.6 Å². The first-order valence-corrected chi connectivity index (χ1v) is 23.8. The lowest BCUT2D eigenvalue weighted by molar-refractivity contribution is -0.204. The van der Waals surface area contributed by atoms with Crippen LogP contribution in [0.1, 0.15) is 153 Å². The lowest BCUT2D eigenvalue weighted by Crippen LogP contribution is -2.46. The molecule has 4 heterocycles. The molecule has 6 atom stereocenters. The van der Waals surface area contributed by atoms with Gasteiger partial charge in [0.05, 0.1) is 37.1 Å². The highest BCUT2D eigenvalue weighted by Gasteiger charge is 2.65. The van der Waals surface area contributed by atoms with Crippen molar-refractivity contribution in [3.8, 4) is 12.1 Å². The van der Waals surface area contributed by atoms with Crippen LogP contribution in [-0.4, -0.2) is 75.1 Å². The molecule has 2 fully saturated rings. The number of hydrogen-bond donors (Lipinski definition) is 2. The lowest BCUT2D eigenvalue weighted by Gasteiger charge is -2.31. The number of nitrogen functional groups attached to an aromatic ring is 1. The van der Waals surface area contributed by atoms with Crippen molar-refractivity contribution >= 4 is 19.2 Å². The Morgan fingerprint density at radius 2 is 1.56 bits per heavy atom. The monoisotopic (exact) mass is 884 g/mol. The smallest absolute Gasteiger partial charge is 0.382 e. The molecule has 1 aromatic carbocycles. The number of anilines is 1. The number of halogens is 1. The van der Waals surface area contributed by atoms with Crippen LogP contribution >= 0.6 is 7.82 Å². The van der Waals surface area contributed by atoms with Gasteiger partial charge in [0, 0.05) is 6.61 Å². The fourth-order valence-electron chi connectivity index (χ4n) is 8.04. The van der Waals surface area contributed by atoms with E-state index in [9.17, 15) is 24.4 Å². The Hall–Kier alpha value is -3.54. The van der Waals surface area contributed by atoms with Crippen molar-refractivity contribution in [3.63, 3.8) is 0 Å². The maximum Gasteiger partial charge on any atom is 0.472 e. The van der Waals surface area contributed by atoms with Gasteiger partial charge in [-0.05, 0) is 63.1 Å². The van der Waals surface area contributed by atoms with Gasteiger partial charge in [0.25, 0.3) is 0 Å². The van der Waals surface area contributed by atoms with Crippen molar-refractivity contribution in [2.24, 2.45) is 0 Å². The molecule has 2 saturated heterocycles. The zero-order valence-electron chi connectivity index (χ0n) is 36.9. The summed E-state index contributed by atoms with van der Waals surface area (Å²) < 4.78 is 71.1. The van der Waals surface area contributed by atoms with Gasteiger partial charge in [-0.25, -0.2) is 18.5 Å². The Morgan fingerprint density at radius 3 is 2.19 bits per heavy atom. The summed E-state index contributed by atoms with van der Waals surface area (Å²) in [6.07, 6.45) is 18.6. The first kappa shape index (κ1) is 49.5. The van der Waals surface area contributed by atoms with Crippen molar-refractivity contribution in [1.82, 2.24) is 14.6 Å². The van der Waals surface area contributed by atoms with Crippen LogP contribution in [0.2, 0.25) is 0 Å². The molecule has 3 N–H and O–H groups in total. The van der Waals surface area contributed by atoms with Crippen LogP contribution in [0.4, 0.5) is 10.2 Å². The van der Waals surface area contributed by atoms with E-state index in [1.807, 2.05) is 6.07 Å². The Kier molecular flexibility index (Phi) is 18.7. The minimum absolute atomic E-state index is 0.0254. The largest absolute Gasteiger partial charge is 0.472 e. The molecule has 2 aliphatic rings. The van der Waals surface area contributed by atoms with Gasteiger partial charge in [-0.3, -0.25) is 9.05 Å². The fraction of sp³-hybridized carbons (Fsp3) is 0.689. The predicted octanol–water partition coefficient (Wildman–Crippen LogP) is 9.56. The molecule has 3 aromatic rings. The lowest BCUT2D eigenvalue weighted by atomic mass is 9.96. The van der Waals surface area contributed by atoms with Gasteiger partial charge in [-0.2, -0.15) is 15.6 Å². The number of ether oxygens (including phenoxy) is 5. The van der Waals surface area contributed by atoms with E-state index in [1.54, 1.807) is 32.9 Å². The second-order valence-corrected chi connectivity index (χ2v) is 18.8. The average molecular weight is 885 g/mol. The summed E-state index contributed by atoms with van der Waals surface area (Å²) in [5.74, 6) is -1.48. The van der Waals surface area contributed by atoms with E-state index in [1.165, 1.54) is 106 Å². The van der Waals surface area contributed by atoms with E-state index in [-0.39, 0.29) is 24.6 Å². The molecule has 1 unspecified atom stereocenters. The highest BCUT2D eigenvalue weighted by Crippen LogP contribution is 2.53. The number of rotatable bonds is 29. The van der Waals surface area contributed by atoms with Crippen molar-refractivity contribution in [2.75, 3.05) is 32.2 Å². The maximum absolute atomic E-state index is 14.3. The van der Waals surface area contributed by atoms with Crippen LogP contribution in [-0.2, 0) is 43.9 Å². The number of hydrogen-bond acceptors (Lipinski definition) is 13. The highest BCUT2D eigenvalue weighted by atomic mass is 31.2. The second kappa shape index (κ2) is 23.4. The van der Waals surface area contributed by atoms with Gasteiger partial charge in [-0.1, -0.05) is 103 Å². The molecule has 17 heteroatoms. The van der Waals surface area contributed by atoms with E-state index in [0.717, 1.165) is 25.3 Å². The van der Waals surface area contributed by atoms with Gasteiger partial charge in [0.2, 0.25) is 5.60 Å². The number of benzene rings is 1.